The van der Waals surface area contributed by atoms with Crippen LogP contribution < -0.4 is 18.9 Å². The van der Waals surface area contributed by atoms with E-state index in [1.165, 1.54) is 19.1 Å². The molecule has 1 fully saturated rings. The first-order valence-corrected chi connectivity index (χ1v) is 14.2. The van der Waals surface area contributed by atoms with Gasteiger partial charge in [0.25, 0.3) is 5.91 Å². The lowest BCUT2D eigenvalue weighted by Crippen LogP contribution is -2.51. The van der Waals surface area contributed by atoms with Crippen LogP contribution in [0.2, 0.25) is 0 Å². The molecule has 0 saturated carbocycles. The van der Waals surface area contributed by atoms with Gasteiger partial charge >= 0.3 is 6.09 Å². The van der Waals surface area contributed by atoms with E-state index in [1.54, 1.807) is 33.3 Å². The van der Waals surface area contributed by atoms with Crippen molar-refractivity contribution in [2.45, 2.75) is 38.2 Å². The van der Waals surface area contributed by atoms with Gasteiger partial charge in [-0.1, -0.05) is 60.7 Å². The van der Waals surface area contributed by atoms with Crippen molar-refractivity contribution in [3.8, 4) is 23.0 Å². The van der Waals surface area contributed by atoms with Gasteiger partial charge in [-0.25, -0.2) is 9.69 Å². The monoisotopic (exact) mass is 599 g/mol. The third-order valence-corrected chi connectivity index (χ3v) is 7.73. The first kappa shape index (κ1) is 30.7. The molecule has 1 aliphatic rings. The summed E-state index contributed by atoms with van der Waals surface area (Å²) in [6.07, 6.45) is -1.46. The molecule has 230 valence electrons. The number of carbonyl (C=O) groups is 1. The molecule has 1 saturated heterocycles. The van der Waals surface area contributed by atoms with Crippen LogP contribution >= 0.6 is 0 Å². The van der Waals surface area contributed by atoms with Crippen LogP contribution in [0.4, 0.5) is 4.79 Å². The molecule has 1 heterocycles. The summed E-state index contributed by atoms with van der Waals surface area (Å²) in [6, 6.07) is 29.8. The van der Waals surface area contributed by atoms with Crippen LogP contribution in [0.3, 0.4) is 0 Å². The highest BCUT2D eigenvalue weighted by Gasteiger charge is 2.54. The Bertz CT molecular complexity index is 1540. The average molecular weight is 600 g/mol. The van der Waals surface area contributed by atoms with Gasteiger partial charge in [0.1, 0.15) is 42.3 Å². The summed E-state index contributed by atoms with van der Waals surface area (Å²) >= 11 is 0. The number of rotatable bonds is 13. The topological polar surface area (TPSA) is 84.9 Å². The normalized spacial score (nSPS) is 16.4. The molecule has 0 bridgehead atoms. The van der Waals surface area contributed by atoms with Crippen molar-refractivity contribution in [1.29, 1.82) is 0 Å². The van der Waals surface area contributed by atoms with Gasteiger partial charge in [0.05, 0.1) is 14.2 Å². The van der Waals surface area contributed by atoms with E-state index in [9.17, 15) is 4.79 Å². The van der Waals surface area contributed by atoms with Gasteiger partial charge in [-0.3, -0.25) is 0 Å². The summed E-state index contributed by atoms with van der Waals surface area (Å²) in [5.41, 5.74) is 3.28. The molecule has 4 aromatic carbocycles. The molecule has 0 aliphatic carbocycles. The van der Waals surface area contributed by atoms with Gasteiger partial charge in [-0.05, 0) is 35.4 Å². The molecule has 1 aliphatic heterocycles. The first-order valence-electron chi connectivity index (χ1n) is 14.2. The predicted octanol–water partition coefficient (Wildman–Crippen LogP) is 7.06. The molecular formula is C35H37NO8. The number of nitrogens with zero attached hydrogens (tertiary/aromatic N) is 1. The van der Waals surface area contributed by atoms with Crippen molar-refractivity contribution in [3.05, 3.63) is 119 Å². The number of hydrogen-bond acceptors (Lipinski definition) is 8. The van der Waals surface area contributed by atoms with Crippen LogP contribution in [0, 0.1) is 0 Å². The molecule has 9 heteroatoms. The Morgan fingerprint density at radius 2 is 1.16 bits per heavy atom. The predicted molar refractivity (Wildman–Crippen MR) is 164 cm³/mol. The number of carbonyl (C=O) groups excluding carboxylic acids is 1. The molecule has 1 amide bonds. The Kier molecular flexibility index (Phi) is 9.57. The Balaban J connectivity index is 1.62. The second-order valence-electron chi connectivity index (χ2n) is 10.3. The lowest BCUT2D eigenvalue weighted by molar-refractivity contribution is -0.272. The fourth-order valence-corrected chi connectivity index (χ4v) is 5.20. The molecule has 44 heavy (non-hydrogen) atoms. The maximum atomic E-state index is 13.7. The summed E-state index contributed by atoms with van der Waals surface area (Å²) in [4.78, 5) is 15.2. The number of amides is 1. The molecule has 2 atom stereocenters. The van der Waals surface area contributed by atoms with E-state index in [0.29, 0.717) is 47.3 Å². The minimum atomic E-state index is -1.47. The number of benzene rings is 4. The highest BCUT2D eigenvalue weighted by Crippen LogP contribution is 2.52. The van der Waals surface area contributed by atoms with Crippen LogP contribution in [-0.4, -0.2) is 45.3 Å². The Morgan fingerprint density at radius 1 is 0.682 bits per heavy atom. The SMILES string of the molecule is COc1ccc([C@@H]2[C@H](c3ccc(OC)cc3OCc3ccccc3)OC(=O)N2C(C)(OC)OC)c(OCc2ccccc2)c1. The maximum Gasteiger partial charge on any atom is 0.415 e. The van der Waals surface area contributed by atoms with Gasteiger partial charge < -0.3 is 33.2 Å². The van der Waals surface area contributed by atoms with E-state index in [4.69, 9.17) is 33.2 Å². The summed E-state index contributed by atoms with van der Waals surface area (Å²) in [5.74, 6) is 0.758. The highest BCUT2D eigenvalue weighted by molar-refractivity contribution is 5.73. The van der Waals surface area contributed by atoms with Crippen molar-refractivity contribution in [3.63, 3.8) is 0 Å². The Morgan fingerprint density at radius 3 is 1.64 bits per heavy atom. The smallest absolute Gasteiger partial charge is 0.415 e. The molecule has 0 N–H and O–H groups in total. The summed E-state index contributed by atoms with van der Waals surface area (Å²) in [7, 11) is 6.13. The van der Waals surface area contributed by atoms with Crippen molar-refractivity contribution >= 4 is 6.09 Å². The van der Waals surface area contributed by atoms with Crippen molar-refractivity contribution in [2.75, 3.05) is 28.4 Å². The van der Waals surface area contributed by atoms with E-state index in [0.717, 1.165) is 11.1 Å². The third-order valence-electron chi connectivity index (χ3n) is 7.73. The van der Waals surface area contributed by atoms with Crippen molar-refractivity contribution in [1.82, 2.24) is 4.90 Å². The molecule has 5 rings (SSSR count). The molecule has 4 aromatic rings. The number of cyclic esters (lactones) is 1. The number of methoxy groups -OCH3 is 4. The number of hydrogen-bond donors (Lipinski definition) is 0. The van der Waals surface area contributed by atoms with Crippen LogP contribution in [-0.2, 0) is 27.4 Å². The third kappa shape index (κ3) is 6.44. The zero-order valence-corrected chi connectivity index (χ0v) is 25.5. The van der Waals surface area contributed by atoms with Crippen LogP contribution in [0.5, 0.6) is 23.0 Å². The lowest BCUT2D eigenvalue weighted by atomic mass is 9.93. The van der Waals surface area contributed by atoms with Crippen LogP contribution in [0.25, 0.3) is 0 Å². The summed E-state index contributed by atoms with van der Waals surface area (Å²) in [5, 5.41) is 0. The molecule has 0 spiro atoms. The minimum absolute atomic E-state index is 0.299. The van der Waals surface area contributed by atoms with Gasteiger partial charge in [0, 0.05) is 44.4 Å². The molecule has 9 nitrogen and oxygen atoms in total. The molecule has 0 radical (unpaired) electrons. The Labute approximate surface area is 257 Å². The minimum Gasteiger partial charge on any atom is -0.497 e. The zero-order valence-electron chi connectivity index (χ0n) is 25.5. The maximum absolute atomic E-state index is 13.7. The standard InChI is InChI=1S/C35H37NO8/c1-35(40-4,41-5)36-32(28-18-16-26(38-2)20-30(28)42-22-24-12-8-6-9-13-24)33(44-34(36)37)29-19-17-27(39-3)21-31(29)43-23-25-14-10-7-11-15-25/h6-21,32-33H,22-23H2,1-5H3/t32-,33+/m1/s1. The highest BCUT2D eigenvalue weighted by atomic mass is 16.7. The number of ether oxygens (including phenoxy) is 7. The average Bonchev–Trinajstić information content (AvgIpc) is 3.43. The molecular weight excluding hydrogens is 562 g/mol. The van der Waals surface area contributed by atoms with Gasteiger partial charge in [-0.15, -0.1) is 0 Å². The second-order valence-corrected chi connectivity index (χ2v) is 10.3. The molecule has 0 unspecified atom stereocenters. The largest absolute Gasteiger partial charge is 0.497 e. The second kappa shape index (κ2) is 13.7. The zero-order chi connectivity index (χ0) is 31.1. The van der Waals surface area contributed by atoms with Crippen LogP contribution in [0.1, 0.15) is 41.3 Å². The Hall–Kier alpha value is -4.73. The fraction of sp³-hybridized carbons (Fsp3) is 0.286. The van der Waals surface area contributed by atoms with E-state index < -0.39 is 24.2 Å². The van der Waals surface area contributed by atoms with Crippen LogP contribution in [0.15, 0.2) is 97.1 Å². The van der Waals surface area contributed by atoms with Gasteiger partial charge in [0.2, 0.25) is 0 Å². The van der Waals surface area contributed by atoms with Gasteiger partial charge in [0.15, 0.2) is 6.10 Å². The van der Waals surface area contributed by atoms with Crippen molar-refractivity contribution in [2.24, 2.45) is 0 Å². The van der Waals surface area contributed by atoms with E-state index in [2.05, 4.69) is 0 Å². The van der Waals surface area contributed by atoms with Gasteiger partial charge in [-0.2, -0.15) is 0 Å². The van der Waals surface area contributed by atoms with E-state index >= 15 is 0 Å². The molecule has 0 aromatic heterocycles. The van der Waals surface area contributed by atoms with E-state index in [1.807, 2.05) is 84.9 Å². The lowest BCUT2D eigenvalue weighted by Gasteiger charge is -2.38. The fourth-order valence-electron chi connectivity index (χ4n) is 5.20. The summed E-state index contributed by atoms with van der Waals surface area (Å²) in [6.45, 7) is 2.27. The van der Waals surface area contributed by atoms with Crippen molar-refractivity contribution < 1.29 is 38.0 Å². The van der Waals surface area contributed by atoms with E-state index in [-0.39, 0.29) is 0 Å². The quantitative estimate of drug-likeness (QED) is 0.151. The first-order chi connectivity index (χ1) is 21.4. The summed E-state index contributed by atoms with van der Waals surface area (Å²) < 4.78 is 41.4.